The van der Waals surface area contributed by atoms with Crippen LogP contribution >= 0.6 is 34.7 Å². The maximum Gasteiger partial charge on any atom is 0.320 e. The molecule has 1 rings (SSSR count). The molecule has 0 saturated heterocycles. The fourth-order valence-corrected chi connectivity index (χ4v) is 1.26. The van der Waals surface area contributed by atoms with E-state index in [-0.39, 0.29) is 11.2 Å². The van der Waals surface area contributed by atoms with Crippen LogP contribution in [-0.4, -0.2) is 26.5 Å². The molecule has 15 heavy (non-hydrogen) atoms. The highest BCUT2D eigenvalue weighted by Gasteiger charge is 2.14. The third-order valence-electron chi connectivity index (χ3n) is 1.38. The normalized spacial score (nSPS) is 11.9. The fourth-order valence-electron chi connectivity index (χ4n) is 0.474. The van der Waals surface area contributed by atoms with Crippen molar-refractivity contribution < 1.29 is 9.90 Å². The van der Waals surface area contributed by atoms with E-state index >= 15 is 0 Å². The minimum atomic E-state index is -0.931. The van der Waals surface area contributed by atoms with Crippen LogP contribution in [0.5, 0.6) is 0 Å². The lowest BCUT2D eigenvalue weighted by atomic mass is 10.1. The van der Waals surface area contributed by atoms with Gasteiger partial charge in [0.15, 0.2) is 0 Å². The number of aliphatic carboxylic acids is 1. The quantitative estimate of drug-likeness (QED) is 0.858. The minimum Gasteiger partial charge on any atom is -0.480 e. The molecule has 8 heteroatoms. The molecule has 0 aliphatic rings. The van der Waals surface area contributed by atoms with Gasteiger partial charge in [-0.1, -0.05) is 13.8 Å². The van der Waals surface area contributed by atoms with E-state index in [2.05, 4.69) is 9.36 Å². The SMILES string of the molecule is CC(C)[C@H](N)C(=O)O.Clc1nsc(Cl)n1. The lowest BCUT2D eigenvalue weighted by Crippen LogP contribution is -2.34. The summed E-state index contributed by atoms with van der Waals surface area (Å²) in [5, 5.41) is 8.44. The van der Waals surface area contributed by atoms with Gasteiger partial charge >= 0.3 is 5.97 Å². The van der Waals surface area contributed by atoms with E-state index in [4.69, 9.17) is 34.0 Å². The first-order valence-electron chi connectivity index (χ1n) is 3.97. The van der Waals surface area contributed by atoms with E-state index < -0.39 is 12.0 Å². The average molecular weight is 272 g/mol. The molecule has 1 atom stereocenters. The highest BCUT2D eigenvalue weighted by atomic mass is 35.5. The molecule has 1 aromatic rings. The Morgan fingerprint density at radius 3 is 2.13 bits per heavy atom. The summed E-state index contributed by atoms with van der Waals surface area (Å²) in [6, 6.07) is -0.713. The van der Waals surface area contributed by atoms with Crippen molar-refractivity contribution in [3.05, 3.63) is 9.75 Å². The second-order valence-electron chi connectivity index (χ2n) is 2.92. The van der Waals surface area contributed by atoms with Crippen LogP contribution < -0.4 is 5.73 Å². The van der Waals surface area contributed by atoms with Gasteiger partial charge in [0.05, 0.1) is 0 Å². The first-order chi connectivity index (χ1) is 6.84. The molecule has 1 aromatic heterocycles. The molecular weight excluding hydrogens is 261 g/mol. The second kappa shape index (κ2) is 6.95. The number of halogens is 2. The van der Waals surface area contributed by atoms with Gasteiger partial charge in [0.1, 0.15) is 6.04 Å². The van der Waals surface area contributed by atoms with Gasteiger partial charge in [-0.3, -0.25) is 4.79 Å². The van der Waals surface area contributed by atoms with E-state index in [9.17, 15) is 4.79 Å². The van der Waals surface area contributed by atoms with Gasteiger partial charge in [-0.15, -0.1) is 0 Å². The summed E-state index contributed by atoms with van der Waals surface area (Å²) in [5.41, 5.74) is 5.16. The number of aromatic nitrogens is 2. The van der Waals surface area contributed by atoms with Crippen molar-refractivity contribution in [2.24, 2.45) is 11.7 Å². The van der Waals surface area contributed by atoms with Crippen molar-refractivity contribution in [2.75, 3.05) is 0 Å². The van der Waals surface area contributed by atoms with Crippen molar-refractivity contribution in [2.45, 2.75) is 19.9 Å². The number of nitrogens with two attached hydrogens (primary N) is 1. The summed E-state index contributed by atoms with van der Waals surface area (Å²) < 4.78 is 3.96. The van der Waals surface area contributed by atoms with Crippen LogP contribution in [0, 0.1) is 5.92 Å². The Bertz CT molecular complexity index is 302. The number of carbonyl (C=O) groups is 1. The predicted molar refractivity (Wildman–Crippen MR) is 60.4 cm³/mol. The number of nitrogens with zero attached hydrogens (tertiary/aromatic N) is 2. The Kier molecular flexibility index (Phi) is 6.75. The largest absolute Gasteiger partial charge is 0.480 e. The zero-order valence-corrected chi connectivity index (χ0v) is 10.5. The molecule has 0 fully saturated rings. The maximum atomic E-state index is 10.0. The Morgan fingerprint density at radius 1 is 1.53 bits per heavy atom. The van der Waals surface area contributed by atoms with Gasteiger partial charge in [0.2, 0.25) is 9.75 Å². The predicted octanol–water partition coefficient (Wildman–Crippen LogP) is 1.90. The third-order valence-corrected chi connectivity index (χ3v) is 2.45. The maximum absolute atomic E-state index is 10.0. The van der Waals surface area contributed by atoms with Crippen molar-refractivity contribution >= 4 is 40.7 Å². The van der Waals surface area contributed by atoms with Gasteiger partial charge in [-0.2, -0.15) is 9.36 Å². The third kappa shape index (κ3) is 6.62. The molecule has 0 aliphatic carbocycles. The van der Waals surface area contributed by atoms with E-state index in [1.165, 1.54) is 0 Å². The van der Waals surface area contributed by atoms with Crippen molar-refractivity contribution in [1.82, 2.24) is 9.36 Å². The lowest BCUT2D eigenvalue weighted by Gasteiger charge is -2.07. The molecule has 0 radical (unpaired) electrons. The Balaban J connectivity index is 0.000000262. The molecule has 5 nitrogen and oxygen atoms in total. The molecule has 0 unspecified atom stereocenters. The summed E-state index contributed by atoms with van der Waals surface area (Å²) in [6.45, 7) is 3.55. The standard InChI is InChI=1S/C5H11NO2.C2Cl2N2S/c1-3(2)4(6)5(7)8;3-1-5-2(4)7-6-1/h3-4H,6H2,1-2H3,(H,7,8);/t4-;/m0./s1. The van der Waals surface area contributed by atoms with Gasteiger partial charge in [0, 0.05) is 0 Å². The number of carboxylic acids is 1. The van der Waals surface area contributed by atoms with Crippen LogP contribution in [0.25, 0.3) is 0 Å². The first kappa shape index (κ1) is 14.6. The molecule has 1 heterocycles. The van der Waals surface area contributed by atoms with Crippen molar-refractivity contribution in [3.8, 4) is 0 Å². The molecular formula is C7H11Cl2N3O2S. The molecule has 3 N–H and O–H groups in total. The molecule has 0 saturated carbocycles. The summed E-state index contributed by atoms with van der Waals surface area (Å²) in [5.74, 6) is -0.910. The van der Waals surface area contributed by atoms with Gasteiger partial charge in [0.25, 0.3) is 0 Å². The van der Waals surface area contributed by atoms with Crippen LogP contribution in [0.15, 0.2) is 0 Å². The Morgan fingerprint density at radius 2 is 2.07 bits per heavy atom. The number of rotatable bonds is 2. The molecule has 0 bridgehead atoms. The number of hydrogen-bond acceptors (Lipinski definition) is 5. The summed E-state index contributed by atoms with van der Waals surface area (Å²) in [7, 11) is 0. The average Bonchev–Trinajstić information content (AvgIpc) is 2.49. The van der Waals surface area contributed by atoms with E-state index in [0.717, 1.165) is 11.5 Å². The highest BCUT2D eigenvalue weighted by Crippen LogP contribution is 2.13. The molecule has 0 amide bonds. The van der Waals surface area contributed by atoms with Crippen molar-refractivity contribution in [1.29, 1.82) is 0 Å². The smallest absolute Gasteiger partial charge is 0.320 e. The van der Waals surface area contributed by atoms with Gasteiger partial charge in [-0.05, 0) is 40.7 Å². The number of carboxylic acid groups (broad SMARTS) is 1. The van der Waals surface area contributed by atoms with Gasteiger partial charge < -0.3 is 10.8 Å². The second-order valence-corrected chi connectivity index (χ2v) is 4.60. The zero-order chi connectivity index (χ0) is 12.0. The van der Waals surface area contributed by atoms with E-state index in [1.54, 1.807) is 13.8 Å². The summed E-state index contributed by atoms with van der Waals surface area (Å²) >= 11 is 11.7. The topological polar surface area (TPSA) is 89.1 Å². The van der Waals surface area contributed by atoms with Crippen LogP contribution in [0.3, 0.4) is 0 Å². The van der Waals surface area contributed by atoms with E-state index in [1.807, 2.05) is 0 Å². The summed E-state index contributed by atoms with van der Waals surface area (Å²) in [6.07, 6.45) is 0. The van der Waals surface area contributed by atoms with Crippen LogP contribution in [0.2, 0.25) is 9.75 Å². The molecule has 0 aromatic carbocycles. The van der Waals surface area contributed by atoms with Crippen LogP contribution in [-0.2, 0) is 4.79 Å². The minimum absolute atomic E-state index is 0.0208. The summed E-state index contributed by atoms with van der Waals surface area (Å²) in [4.78, 5) is 13.6. The van der Waals surface area contributed by atoms with Crippen LogP contribution in [0.4, 0.5) is 0 Å². The van der Waals surface area contributed by atoms with E-state index in [0.29, 0.717) is 4.47 Å². The Labute approximate surface area is 101 Å². The van der Waals surface area contributed by atoms with Gasteiger partial charge in [-0.25, -0.2) is 0 Å². The first-order valence-corrected chi connectivity index (χ1v) is 5.50. The highest BCUT2D eigenvalue weighted by molar-refractivity contribution is 7.10. The monoisotopic (exact) mass is 271 g/mol. The van der Waals surface area contributed by atoms with Crippen molar-refractivity contribution in [3.63, 3.8) is 0 Å². The molecule has 0 spiro atoms. The lowest BCUT2D eigenvalue weighted by molar-refractivity contribution is -0.139. The number of hydrogen-bond donors (Lipinski definition) is 2. The zero-order valence-electron chi connectivity index (χ0n) is 8.15. The van der Waals surface area contributed by atoms with Crippen LogP contribution in [0.1, 0.15) is 13.8 Å². The molecule has 0 aliphatic heterocycles. The fraction of sp³-hybridized carbons (Fsp3) is 0.571. The Hall–Kier alpha value is -0.430. The molecule has 86 valence electrons.